The lowest BCUT2D eigenvalue weighted by Crippen LogP contribution is -1.91. The number of hydrogen-bond donors (Lipinski definition) is 1. The second kappa shape index (κ2) is 6.36. The van der Waals surface area contributed by atoms with Gasteiger partial charge in [0.15, 0.2) is 0 Å². The molecular weight excluding hydrogens is 270 g/mol. The van der Waals surface area contributed by atoms with Gasteiger partial charge in [-0.1, -0.05) is 13.0 Å². The molecule has 0 saturated carbocycles. The Bertz CT molecular complexity index is 642. The molecule has 1 N–H and O–H groups in total. The summed E-state index contributed by atoms with van der Waals surface area (Å²) in [6.45, 7) is 3.92. The minimum atomic E-state index is 0.151. The van der Waals surface area contributed by atoms with Gasteiger partial charge in [0.2, 0.25) is 0 Å². The fourth-order valence-electron chi connectivity index (χ4n) is 1.90. The second-order valence-corrected chi connectivity index (χ2v) is 5.59. The molecule has 0 unspecified atom stereocenters. The average Bonchev–Trinajstić information content (AvgIpc) is 2.38. The minimum absolute atomic E-state index is 0.151. The maximum Gasteiger partial charge on any atom is 0.146 e. The van der Waals surface area contributed by atoms with Crippen molar-refractivity contribution in [3.8, 4) is 23.3 Å². The summed E-state index contributed by atoms with van der Waals surface area (Å²) in [6, 6.07) is 12.7. The number of phenolic OH excluding ortho intramolecular Hbond substituents is 1. The van der Waals surface area contributed by atoms with Crippen LogP contribution in [0, 0.1) is 18.3 Å². The number of nitriles is 1. The standard InChI is InChI=1S/C16H15NO2S/c1-3-20-16-6-4-5-15(14(16)10-17)19-13-8-11(2)7-12(18)9-13/h4-9,18H,3H2,1-2H3. The maximum atomic E-state index is 9.59. The van der Waals surface area contributed by atoms with E-state index in [1.807, 2.05) is 32.0 Å². The molecule has 0 fully saturated rings. The number of benzene rings is 2. The molecule has 0 aliphatic rings. The molecule has 0 aromatic heterocycles. The molecule has 0 bridgehead atoms. The normalized spacial score (nSPS) is 10.1. The van der Waals surface area contributed by atoms with Gasteiger partial charge in [-0.2, -0.15) is 5.26 Å². The van der Waals surface area contributed by atoms with E-state index in [1.54, 1.807) is 23.9 Å². The zero-order valence-electron chi connectivity index (χ0n) is 11.4. The summed E-state index contributed by atoms with van der Waals surface area (Å²) in [7, 11) is 0. The summed E-state index contributed by atoms with van der Waals surface area (Å²) in [4.78, 5) is 0.907. The largest absolute Gasteiger partial charge is 0.508 e. The van der Waals surface area contributed by atoms with Crippen molar-refractivity contribution < 1.29 is 9.84 Å². The summed E-state index contributed by atoms with van der Waals surface area (Å²) < 4.78 is 5.75. The number of aryl methyl sites for hydroxylation is 1. The Morgan fingerprint density at radius 1 is 1.30 bits per heavy atom. The van der Waals surface area contributed by atoms with Crippen LogP contribution >= 0.6 is 11.8 Å². The quantitative estimate of drug-likeness (QED) is 0.842. The summed E-state index contributed by atoms with van der Waals surface area (Å²) in [5.74, 6) is 2.08. The van der Waals surface area contributed by atoms with Crippen LogP contribution in [-0.4, -0.2) is 10.9 Å². The summed E-state index contributed by atoms with van der Waals surface area (Å²) in [6.07, 6.45) is 0. The molecule has 2 rings (SSSR count). The van der Waals surface area contributed by atoms with E-state index in [2.05, 4.69) is 6.07 Å². The van der Waals surface area contributed by atoms with Crippen molar-refractivity contribution in [2.45, 2.75) is 18.7 Å². The van der Waals surface area contributed by atoms with Crippen molar-refractivity contribution >= 4 is 11.8 Å². The van der Waals surface area contributed by atoms with Gasteiger partial charge in [0.05, 0.1) is 0 Å². The summed E-state index contributed by atoms with van der Waals surface area (Å²) >= 11 is 1.61. The van der Waals surface area contributed by atoms with Gasteiger partial charge in [-0.25, -0.2) is 0 Å². The van der Waals surface area contributed by atoms with Gasteiger partial charge in [0, 0.05) is 11.0 Å². The predicted octanol–water partition coefficient (Wildman–Crippen LogP) is 4.48. The lowest BCUT2D eigenvalue weighted by Gasteiger charge is -2.11. The molecule has 0 atom stereocenters. The molecule has 102 valence electrons. The van der Waals surface area contributed by atoms with E-state index in [9.17, 15) is 10.4 Å². The van der Waals surface area contributed by atoms with Gasteiger partial charge < -0.3 is 9.84 Å². The Morgan fingerprint density at radius 2 is 2.10 bits per heavy atom. The first kappa shape index (κ1) is 14.3. The molecule has 0 amide bonds. The molecule has 3 nitrogen and oxygen atoms in total. The van der Waals surface area contributed by atoms with E-state index in [-0.39, 0.29) is 5.75 Å². The SMILES string of the molecule is CCSc1cccc(Oc2cc(C)cc(O)c2)c1C#N. The Kier molecular flexibility index (Phi) is 4.54. The molecule has 20 heavy (non-hydrogen) atoms. The van der Waals surface area contributed by atoms with Crippen LogP contribution in [0.1, 0.15) is 18.1 Å². The highest BCUT2D eigenvalue weighted by molar-refractivity contribution is 7.99. The van der Waals surface area contributed by atoms with Gasteiger partial charge in [0.1, 0.15) is 28.9 Å². The zero-order chi connectivity index (χ0) is 14.5. The Morgan fingerprint density at radius 3 is 2.75 bits per heavy atom. The van der Waals surface area contributed by atoms with Crippen LogP contribution in [0.4, 0.5) is 0 Å². The first-order valence-corrected chi connectivity index (χ1v) is 7.27. The van der Waals surface area contributed by atoms with Gasteiger partial charge in [-0.3, -0.25) is 0 Å². The number of nitrogens with zero attached hydrogens (tertiary/aromatic N) is 1. The van der Waals surface area contributed by atoms with E-state index >= 15 is 0 Å². The third kappa shape index (κ3) is 3.25. The first-order valence-electron chi connectivity index (χ1n) is 6.28. The second-order valence-electron chi connectivity index (χ2n) is 4.28. The number of ether oxygens (including phenoxy) is 1. The summed E-state index contributed by atoms with van der Waals surface area (Å²) in [5.41, 5.74) is 1.43. The van der Waals surface area contributed by atoms with E-state index in [1.165, 1.54) is 6.07 Å². The number of hydrogen-bond acceptors (Lipinski definition) is 4. The fourth-order valence-corrected chi connectivity index (χ4v) is 2.67. The minimum Gasteiger partial charge on any atom is -0.508 e. The highest BCUT2D eigenvalue weighted by Crippen LogP contribution is 2.33. The van der Waals surface area contributed by atoms with Crippen LogP contribution in [0.2, 0.25) is 0 Å². The van der Waals surface area contributed by atoms with Crippen LogP contribution < -0.4 is 4.74 Å². The van der Waals surface area contributed by atoms with Crippen LogP contribution in [0.15, 0.2) is 41.3 Å². The lowest BCUT2D eigenvalue weighted by atomic mass is 10.2. The third-order valence-electron chi connectivity index (χ3n) is 2.66. The molecule has 0 radical (unpaired) electrons. The topological polar surface area (TPSA) is 53.2 Å². The predicted molar refractivity (Wildman–Crippen MR) is 80.5 cm³/mol. The van der Waals surface area contributed by atoms with E-state index in [0.717, 1.165) is 16.2 Å². The highest BCUT2D eigenvalue weighted by Gasteiger charge is 2.10. The lowest BCUT2D eigenvalue weighted by molar-refractivity contribution is 0.453. The van der Waals surface area contributed by atoms with Crippen molar-refractivity contribution in [3.05, 3.63) is 47.5 Å². The summed E-state index contributed by atoms with van der Waals surface area (Å²) in [5, 5.41) is 18.9. The number of phenols is 1. The molecule has 0 aliphatic carbocycles. The van der Waals surface area contributed by atoms with E-state index in [4.69, 9.17) is 4.74 Å². The van der Waals surface area contributed by atoms with Crippen molar-refractivity contribution in [1.82, 2.24) is 0 Å². The molecule has 0 spiro atoms. The Hall–Kier alpha value is -2.12. The van der Waals surface area contributed by atoms with Crippen molar-refractivity contribution in [2.24, 2.45) is 0 Å². The average molecular weight is 285 g/mol. The maximum absolute atomic E-state index is 9.59. The number of aromatic hydroxyl groups is 1. The molecule has 0 aliphatic heterocycles. The third-order valence-corrected chi connectivity index (χ3v) is 3.60. The van der Waals surface area contributed by atoms with Crippen molar-refractivity contribution in [2.75, 3.05) is 5.75 Å². The monoisotopic (exact) mass is 285 g/mol. The van der Waals surface area contributed by atoms with Crippen LogP contribution in [0.25, 0.3) is 0 Å². The van der Waals surface area contributed by atoms with Gasteiger partial charge in [-0.15, -0.1) is 11.8 Å². The molecule has 2 aromatic rings. The molecular formula is C16H15NO2S. The van der Waals surface area contributed by atoms with Crippen molar-refractivity contribution in [1.29, 1.82) is 5.26 Å². The van der Waals surface area contributed by atoms with E-state index < -0.39 is 0 Å². The van der Waals surface area contributed by atoms with Gasteiger partial charge in [-0.05, 0) is 42.5 Å². The Balaban J connectivity index is 2.38. The fraction of sp³-hybridized carbons (Fsp3) is 0.188. The zero-order valence-corrected chi connectivity index (χ0v) is 12.2. The molecule has 4 heteroatoms. The van der Waals surface area contributed by atoms with Gasteiger partial charge in [0.25, 0.3) is 0 Å². The Labute approximate surface area is 122 Å². The van der Waals surface area contributed by atoms with Crippen LogP contribution in [-0.2, 0) is 0 Å². The number of thioether (sulfide) groups is 1. The molecule has 0 saturated heterocycles. The molecule has 0 heterocycles. The highest BCUT2D eigenvalue weighted by atomic mass is 32.2. The first-order chi connectivity index (χ1) is 9.63. The smallest absolute Gasteiger partial charge is 0.146 e. The van der Waals surface area contributed by atoms with Crippen molar-refractivity contribution in [3.63, 3.8) is 0 Å². The van der Waals surface area contributed by atoms with Gasteiger partial charge >= 0.3 is 0 Å². The van der Waals surface area contributed by atoms with E-state index in [0.29, 0.717) is 17.1 Å². The van der Waals surface area contributed by atoms with Crippen LogP contribution in [0.5, 0.6) is 17.2 Å². The van der Waals surface area contributed by atoms with Crippen LogP contribution in [0.3, 0.4) is 0 Å². The molecule has 2 aromatic carbocycles. The number of rotatable bonds is 4.